The molecule has 0 N–H and O–H groups in total. The molecule has 0 atom stereocenters. The summed E-state index contributed by atoms with van der Waals surface area (Å²) in [5.74, 6) is 1.24. The fraction of sp³-hybridized carbons (Fsp3) is 0.133. The van der Waals surface area contributed by atoms with Crippen molar-refractivity contribution >= 4 is 0 Å². The highest BCUT2D eigenvalue weighted by atomic mass is 16.5. The van der Waals surface area contributed by atoms with Gasteiger partial charge in [0.25, 0.3) is 0 Å². The second kappa shape index (κ2) is 5.02. The largest absolute Gasteiger partial charge is 0.339 e. The maximum Gasteiger partial charge on any atom is 0.231 e. The average molecular weight is 251 g/mol. The van der Waals surface area contributed by atoms with Crippen LogP contribution in [0.5, 0.6) is 0 Å². The van der Waals surface area contributed by atoms with E-state index < -0.39 is 0 Å². The number of aromatic nitrogens is 3. The Bertz CT molecular complexity index is 659. The summed E-state index contributed by atoms with van der Waals surface area (Å²) >= 11 is 0. The van der Waals surface area contributed by atoms with E-state index in [1.54, 1.807) is 12.4 Å². The van der Waals surface area contributed by atoms with E-state index in [0.29, 0.717) is 18.1 Å². The summed E-state index contributed by atoms with van der Waals surface area (Å²) in [5.41, 5.74) is 3.29. The third-order valence-corrected chi connectivity index (χ3v) is 2.88. The van der Waals surface area contributed by atoms with E-state index >= 15 is 0 Å². The van der Waals surface area contributed by atoms with Crippen molar-refractivity contribution in [1.82, 2.24) is 15.1 Å². The summed E-state index contributed by atoms with van der Waals surface area (Å²) in [5, 5.41) is 4.01. The number of hydrogen-bond donors (Lipinski definition) is 0. The molecular formula is C15H13N3O. The lowest BCUT2D eigenvalue weighted by molar-refractivity contribution is 0.385. The van der Waals surface area contributed by atoms with Crippen molar-refractivity contribution in [2.45, 2.75) is 13.3 Å². The number of nitrogens with zero attached hydrogens (tertiary/aromatic N) is 3. The predicted molar refractivity (Wildman–Crippen MR) is 71.5 cm³/mol. The first-order chi connectivity index (χ1) is 9.31. The monoisotopic (exact) mass is 251 g/mol. The van der Waals surface area contributed by atoms with Crippen LogP contribution < -0.4 is 0 Å². The van der Waals surface area contributed by atoms with E-state index in [-0.39, 0.29) is 0 Å². The van der Waals surface area contributed by atoms with Gasteiger partial charge in [0.1, 0.15) is 0 Å². The molecule has 0 bridgehead atoms. The summed E-state index contributed by atoms with van der Waals surface area (Å²) in [6.45, 7) is 2.05. The molecule has 3 aromatic rings. The van der Waals surface area contributed by atoms with Gasteiger partial charge in [-0.3, -0.25) is 4.98 Å². The van der Waals surface area contributed by atoms with Crippen LogP contribution in [0.3, 0.4) is 0 Å². The summed E-state index contributed by atoms with van der Waals surface area (Å²) in [6.07, 6.45) is 4.14. The third-order valence-electron chi connectivity index (χ3n) is 2.88. The van der Waals surface area contributed by atoms with Crippen molar-refractivity contribution in [1.29, 1.82) is 0 Å². The molecule has 94 valence electrons. The fourth-order valence-electron chi connectivity index (χ4n) is 1.82. The minimum atomic E-state index is 0.613. The van der Waals surface area contributed by atoms with E-state index in [9.17, 15) is 0 Å². The Morgan fingerprint density at radius 1 is 1.00 bits per heavy atom. The van der Waals surface area contributed by atoms with Crippen molar-refractivity contribution in [3.8, 4) is 11.4 Å². The van der Waals surface area contributed by atoms with Gasteiger partial charge < -0.3 is 4.52 Å². The molecule has 0 radical (unpaired) electrons. The first-order valence-electron chi connectivity index (χ1n) is 6.10. The highest BCUT2D eigenvalue weighted by Gasteiger charge is 2.08. The van der Waals surface area contributed by atoms with Gasteiger partial charge in [-0.1, -0.05) is 35.0 Å². The predicted octanol–water partition coefficient (Wildman–Crippen LogP) is 3.03. The fourth-order valence-corrected chi connectivity index (χ4v) is 1.82. The van der Waals surface area contributed by atoms with Crippen molar-refractivity contribution in [3.63, 3.8) is 0 Å². The molecule has 0 saturated heterocycles. The van der Waals surface area contributed by atoms with E-state index in [4.69, 9.17) is 4.52 Å². The van der Waals surface area contributed by atoms with Gasteiger partial charge in [0.2, 0.25) is 11.7 Å². The van der Waals surface area contributed by atoms with Gasteiger partial charge in [-0.25, -0.2) is 0 Å². The van der Waals surface area contributed by atoms with Crippen molar-refractivity contribution in [3.05, 3.63) is 65.8 Å². The third kappa shape index (κ3) is 2.68. The van der Waals surface area contributed by atoms with Gasteiger partial charge in [-0.05, 0) is 24.6 Å². The molecule has 0 aliphatic rings. The van der Waals surface area contributed by atoms with Crippen LogP contribution >= 0.6 is 0 Å². The molecule has 0 spiro atoms. The van der Waals surface area contributed by atoms with E-state index in [1.807, 2.05) is 36.4 Å². The normalized spacial score (nSPS) is 10.6. The lowest BCUT2D eigenvalue weighted by Gasteiger charge is -1.95. The molecule has 0 amide bonds. The molecule has 3 rings (SSSR count). The summed E-state index contributed by atoms with van der Waals surface area (Å²) in [7, 11) is 0. The Morgan fingerprint density at radius 3 is 2.47 bits per heavy atom. The van der Waals surface area contributed by atoms with Crippen LogP contribution in [0.15, 0.2) is 53.3 Å². The van der Waals surface area contributed by atoms with Gasteiger partial charge in [0.05, 0.1) is 6.42 Å². The molecule has 4 nitrogen and oxygen atoms in total. The topological polar surface area (TPSA) is 51.8 Å². The van der Waals surface area contributed by atoms with Crippen LogP contribution in [0.25, 0.3) is 11.4 Å². The minimum Gasteiger partial charge on any atom is -0.339 e. The molecule has 1 aromatic carbocycles. The van der Waals surface area contributed by atoms with Crippen molar-refractivity contribution in [2.75, 3.05) is 0 Å². The lowest BCUT2D eigenvalue weighted by atomic mass is 10.1. The highest BCUT2D eigenvalue weighted by molar-refractivity contribution is 5.54. The zero-order valence-corrected chi connectivity index (χ0v) is 10.6. The Balaban J connectivity index is 1.82. The zero-order valence-electron chi connectivity index (χ0n) is 10.6. The zero-order chi connectivity index (χ0) is 13.1. The van der Waals surface area contributed by atoms with Crippen LogP contribution in [-0.2, 0) is 6.42 Å². The molecule has 4 heteroatoms. The average Bonchev–Trinajstić information content (AvgIpc) is 2.89. The summed E-state index contributed by atoms with van der Waals surface area (Å²) in [6, 6.07) is 11.9. The number of benzene rings is 1. The number of aryl methyl sites for hydroxylation is 1. The van der Waals surface area contributed by atoms with E-state index in [1.165, 1.54) is 5.56 Å². The van der Waals surface area contributed by atoms with E-state index in [2.05, 4.69) is 22.0 Å². The van der Waals surface area contributed by atoms with Crippen molar-refractivity contribution < 1.29 is 4.52 Å². The maximum atomic E-state index is 5.27. The first kappa shape index (κ1) is 11.6. The van der Waals surface area contributed by atoms with Crippen LogP contribution in [0.1, 0.15) is 17.0 Å². The Morgan fingerprint density at radius 2 is 1.74 bits per heavy atom. The van der Waals surface area contributed by atoms with Gasteiger partial charge in [-0.2, -0.15) is 4.98 Å². The van der Waals surface area contributed by atoms with E-state index in [0.717, 1.165) is 11.1 Å². The Labute approximate surface area is 111 Å². The summed E-state index contributed by atoms with van der Waals surface area (Å²) in [4.78, 5) is 8.39. The van der Waals surface area contributed by atoms with Crippen LogP contribution in [0.2, 0.25) is 0 Å². The smallest absolute Gasteiger partial charge is 0.231 e. The van der Waals surface area contributed by atoms with Gasteiger partial charge in [-0.15, -0.1) is 0 Å². The number of rotatable bonds is 3. The van der Waals surface area contributed by atoms with Crippen LogP contribution in [-0.4, -0.2) is 15.1 Å². The second-order valence-electron chi connectivity index (χ2n) is 4.41. The first-order valence-corrected chi connectivity index (χ1v) is 6.10. The lowest BCUT2D eigenvalue weighted by Crippen LogP contribution is -1.88. The Kier molecular flexibility index (Phi) is 3.06. The molecule has 2 heterocycles. The Hall–Kier alpha value is -2.49. The number of hydrogen-bond acceptors (Lipinski definition) is 4. The second-order valence-corrected chi connectivity index (χ2v) is 4.41. The van der Waals surface area contributed by atoms with Crippen LogP contribution in [0.4, 0.5) is 0 Å². The maximum absolute atomic E-state index is 5.27. The molecule has 0 saturated carbocycles. The summed E-state index contributed by atoms with van der Waals surface area (Å²) < 4.78 is 5.27. The molecular weight excluding hydrogens is 238 g/mol. The van der Waals surface area contributed by atoms with Gasteiger partial charge in [0.15, 0.2) is 0 Å². The molecule has 0 aliphatic heterocycles. The highest BCUT2D eigenvalue weighted by Crippen LogP contribution is 2.17. The molecule has 0 unspecified atom stereocenters. The van der Waals surface area contributed by atoms with Gasteiger partial charge in [0, 0.05) is 18.0 Å². The molecule has 0 fully saturated rings. The SMILES string of the molecule is Cc1ccc(-c2noc(Cc3ccncc3)n2)cc1. The molecule has 19 heavy (non-hydrogen) atoms. The van der Waals surface area contributed by atoms with Crippen LogP contribution in [0, 0.1) is 6.92 Å². The van der Waals surface area contributed by atoms with Gasteiger partial charge >= 0.3 is 0 Å². The van der Waals surface area contributed by atoms with Crippen molar-refractivity contribution in [2.24, 2.45) is 0 Å². The quantitative estimate of drug-likeness (QED) is 0.718. The number of pyridine rings is 1. The molecule has 2 aromatic heterocycles. The minimum absolute atomic E-state index is 0.613. The standard InChI is InChI=1S/C15H13N3O/c1-11-2-4-13(5-3-11)15-17-14(19-18-15)10-12-6-8-16-9-7-12/h2-9H,10H2,1H3. The molecule has 0 aliphatic carbocycles.